The average molecular weight is 581 g/mol. The molecule has 0 N–H and O–H groups in total. The predicted molar refractivity (Wildman–Crippen MR) is 187 cm³/mol. The number of nitrogens with zero attached hydrogens (tertiary/aromatic N) is 4. The van der Waals surface area contributed by atoms with E-state index in [-0.39, 0.29) is 0 Å². The van der Waals surface area contributed by atoms with Gasteiger partial charge in [0.15, 0.2) is 0 Å². The van der Waals surface area contributed by atoms with Crippen molar-refractivity contribution in [2.24, 2.45) is 0 Å². The molecule has 8 aromatic rings. The Labute approximate surface area is 262 Å². The molecule has 0 spiro atoms. The van der Waals surface area contributed by atoms with Crippen LogP contribution in [-0.4, -0.2) is 14.1 Å². The summed E-state index contributed by atoms with van der Waals surface area (Å²) in [4.78, 5) is 4.48. The van der Waals surface area contributed by atoms with Crippen molar-refractivity contribution in [3.05, 3.63) is 137 Å². The summed E-state index contributed by atoms with van der Waals surface area (Å²) in [6.45, 7) is 10.6. The van der Waals surface area contributed by atoms with E-state index in [1.807, 2.05) is 13.1 Å². The molecule has 4 heteroatoms. The van der Waals surface area contributed by atoms with Crippen LogP contribution in [-0.2, 0) is 0 Å². The molecule has 0 saturated heterocycles. The van der Waals surface area contributed by atoms with E-state index >= 15 is 0 Å². The minimum absolute atomic E-state index is 0.629. The molecule has 0 unspecified atom stereocenters. The number of hydrogen-bond acceptors (Lipinski definition) is 2. The Kier molecular flexibility index (Phi) is 5.95. The Balaban J connectivity index is 1.57. The van der Waals surface area contributed by atoms with Crippen molar-refractivity contribution in [1.29, 1.82) is 5.26 Å². The molecule has 0 radical (unpaired) electrons. The molecule has 0 atom stereocenters. The van der Waals surface area contributed by atoms with Gasteiger partial charge in [-0.1, -0.05) is 46.5 Å². The van der Waals surface area contributed by atoms with Gasteiger partial charge in [-0.2, -0.15) is 5.26 Å². The Hall–Kier alpha value is -5.66. The summed E-state index contributed by atoms with van der Waals surface area (Å²) in [7, 11) is 0. The Morgan fingerprint density at radius 1 is 0.489 bits per heavy atom. The number of hydrogen-bond donors (Lipinski definition) is 0. The lowest BCUT2D eigenvalue weighted by Gasteiger charge is -2.18. The first-order chi connectivity index (χ1) is 21.8. The lowest BCUT2D eigenvalue weighted by atomic mass is 10.00. The smallest absolute Gasteiger partial charge is 0.104 e. The number of nitriles is 1. The van der Waals surface area contributed by atoms with Gasteiger partial charge < -0.3 is 9.13 Å². The Bertz CT molecular complexity index is 2290. The average Bonchev–Trinajstić information content (AvgIpc) is 3.51. The monoisotopic (exact) mass is 580 g/mol. The van der Waals surface area contributed by atoms with Crippen LogP contribution in [0.2, 0.25) is 0 Å². The zero-order valence-electron chi connectivity index (χ0n) is 26.1. The second-order valence-corrected chi connectivity index (χ2v) is 12.4. The van der Waals surface area contributed by atoms with Gasteiger partial charge in [-0.25, -0.2) is 0 Å². The van der Waals surface area contributed by atoms with Crippen LogP contribution >= 0.6 is 0 Å². The molecule has 0 fully saturated rings. The highest BCUT2D eigenvalue weighted by Crippen LogP contribution is 2.40. The molecule has 0 aliphatic heterocycles. The molecule has 0 bridgehead atoms. The predicted octanol–water partition coefficient (Wildman–Crippen LogP) is 10.4. The zero-order valence-corrected chi connectivity index (χ0v) is 26.1. The molecule has 0 amide bonds. The van der Waals surface area contributed by atoms with Gasteiger partial charge in [0.25, 0.3) is 0 Å². The maximum Gasteiger partial charge on any atom is 0.104 e. The molecule has 4 nitrogen and oxygen atoms in total. The van der Waals surface area contributed by atoms with E-state index in [0.29, 0.717) is 5.56 Å². The van der Waals surface area contributed by atoms with Crippen molar-refractivity contribution in [2.75, 3.05) is 0 Å². The van der Waals surface area contributed by atoms with Crippen LogP contribution < -0.4 is 0 Å². The minimum atomic E-state index is 0.629. The fourth-order valence-electron chi connectivity index (χ4n) is 6.99. The van der Waals surface area contributed by atoms with E-state index in [4.69, 9.17) is 0 Å². The summed E-state index contributed by atoms with van der Waals surface area (Å²) in [5, 5.41) is 15.8. The zero-order chi connectivity index (χ0) is 31.0. The number of aryl methyl sites for hydroxylation is 5. The molecular weight excluding hydrogens is 548 g/mol. The summed E-state index contributed by atoms with van der Waals surface area (Å²) in [5.41, 5.74) is 14.6. The third-order valence-electron chi connectivity index (χ3n) is 9.07. The molecule has 0 saturated carbocycles. The third-order valence-corrected chi connectivity index (χ3v) is 9.07. The maximum absolute atomic E-state index is 11.1. The second kappa shape index (κ2) is 9.94. The topological polar surface area (TPSA) is 46.5 Å². The van der Waals surface area contributed by atoms with E-state index in [1.165, 1.54) is 43.8 Å². The lowest BCUT2D eigenvalue weighted by molar-refractivity contribution is 1.12. The number of aromatic nitrogens is 3. The first-order valence-electron chi connectivity index (χ1n) is 15.4. The fourth-order valence-corrected chi connectivity index (χ4v) is 6.99. The molecule has 216 valence electrons. The van der Waals surface area contributed by atoms with Gasteiger partial charge in [-0.05, 0) is 119 Å². The Morgan fingerprint density at radius 3 is 1.24 bits per heavy atom. The SMILES string of the molecule is Cc1ccc2c(c1)c1cc(C)ccc1n2-c1cc(-c2ccnc(C)c2)cc(-n2c3ccc(C)cc3c3cc(C)ccc32)c1C#N. The van der Waals surface area contributed by atoms with Crippen LogP contribution in [0.3, 0.4) is 0 Å². The molecular formula is C41H32N4. The van der Waals surface area contributed by atoms with Gasteiger partial charge in [0.2, 0.25) is 0 Å². The van der Waals surface area contributed by atoms with E-state index in [0.717, 1.165) is 50.3 Å². The summed E-state index contributed by atoms with van der Waals surface area (Å²) in [5.74, 6) is 0. The van der Waals surface area contributed by atoms with Gasteiger partial charge >= 0.3 is 0 Å². The van der Waals surface area contributed by atoms with Crippen LogP contribution in [0.5, 0.6) is 0 Å². The molecule has 3 heterocycles. The van der Waals surface area contributed by atoms with Gasteiger partial charge in [-0.3, -0.25) is 4.98 Å². The van der Waals surface area contributed by atoms with Crippen molar-refractivity contribution in [3.8, 4) is 28.6 Å². The van der Waals surface area contributed by atoms with E-state index in [2.05, 4.69) is 145 Å². The lowest BCUT2D eigenvalue weighted by Crippen LogP contribution is -2.05. The summed E-state index contributed by atoms with van der Waals surface area (Å²) in [6.07, 6.45) is 1.86. The van der Waals surface area contributed by atoms with Crippen LogP contribution in [0.25, 0.3) is 66.1 Å². The molecule has 45 heavy (non-hydrogen) atoms. The minimum Gasteiger partial charge on any atom is -0.308 e. The van der Waals surface area contributed by atoms with Crippen molar-refractivity contribution in [3.63, 3.8) is 0 Å². The highest BCUT2D eigenvalue weighted by molar-refractivity contribution is 6.11. The normalized spacial score (nSPS) is 11.6. The summed E-state index contributed by atoms with van der Waals surface area (Å²) in [6, 6.07) is 37.6. The van der Waals surface area contributed by atoms with Crippen LogP contribution in [0.4, 0.5) is 0 Å². The van der Waals surface area contributed by atoms with Gasteiger partial charge in [-0.15, -0.1) is 0 Å². The van der Waals surface area contributed by atoms with Crippen molar-refractivity contribution in [2.45, 2.75) is 34.6 Å². The highest BCUT2D eigenvalue weighted by Gasteiger charge is 2.22. The van der Waals surface area contributed by atoms with Gasteiger partial charge in [0.1, 0.15) is 11.6 Å². The molecule has 5 aromatic carbocycles. The van der Waals surface area contributed by atoms with Crippen molar-refractivity contribution < 1.29 is 0 Å². The number of pyridine rings is 1. The second-order valence-electron chi connectivity index (χ2n) is 12.4. The number of rotatable bonds is 3. The van der Waals surface area contributed by atoms with Gasteiger partial charge in [0.05, 0.1) is 33.4 Å². The third kappa shape index (κ3) is 4.16. The van der Waals surface area contributed by atoms with Crippen molar-refractivity contribution >= 4 is 43.6 Å². The quantitative estimate of drug-likeness (QED) is 0.209. The Morgan fingerprint density at radius 2 is 0.889 bits per heavy atom. The molecule has 3 aromatic heterocycles. The number of benzene rings is 5. The fraction of sp³-hybridized carbons (Fsp3) is 0.122. The number of fused-ring (bicyclic) bond motifs is 6. The van der Waals surface area contributed by atoms with Crippen LogP contribution in [0.1, 0.15) is 33.5 Å². The first-order valence-corrected chi connectivity index (χ1v) is 15.4. The standard InChI is InChI=1S/C41H32N4/c1-24-6-10-36-31(16-24)32-17-25(2)7-11-37(32)44(36)40-21-30(29-14-15-43-28(5)20-29)22-41(35(40)23-42)45-38-12-8-26(3)18-33(38)34-19-27(4)9-13-39(34)45/h6-22H,1-5H3. The van der Waals surface area contributed by atoms with Crippen LogP contribution in [0.15, 0.2) is 103 Å². The largest absolute Gasteiger partial charge is 0.308 e. The molecule has 0 aliphatic carbocycles. The van der Waals surface area contributed by atoms with E-state index in [1.54, 1.807) is 0 Å². The first kappa shape index (κ1) is 26.9. The van der Waals surface area contributed by atoms with Crippen molar-refractivity contribution in [1.82, 2.24) is 14.1 Å². The summed E-state index contributed by atoms with van der Waals surface area (Å²) < 4.78 is 4.57. The summed E-state index contributed by atoms with van der Waals surface area (Å²) >= 11 is 0. The van der Waals surface area contributed by atoms with E-state index < -0.39 is 0 Å². The van der Waals surface area contributed by atoms with Gasteiger partial charge in [0, 0.05) is 33.4 Å². The highest BCUT2D eigenvalue weighted by atomic mass is 15.0. The maximum atomic E-state index is 11.1. The van der Waals surface area contributed by atoms with Crippen LogP contribution in [0, 0.1) is 45.9 Å². The molecule has 8 rings (SSSR count). The molecule has 0 aliphatic rings. The van der Waals surface area contributed by atoms with E-state index in [9.17, 15) is 5.26 Å².